The molecule has 3 aromatic rings. The molecule has 0 aliphatic carbocycles. The maximum atomic E-state index is 9.57. The molecule has 7 nitrogen and oxygen atoms in total. The van der Waals surface area contributed by atoms with E-state index in [4.69, 9.17) is 5.73 Å². The average molecular weight is 284 g/mol. The van der Waals surface area contributed by atoms with Crippen LogP contribution in [0.5, 0.6) is 0 Å². The number of aromatic nitrogens is 4. The van der Waals surface area contributed by atoms with Crippen molar-refractivity contribution in [2.24, 2.45) is 7.05 Å². The number of nitrogens with one attached hydrogen (secondary N) is 1. The Morgan fingerprint density at radius 1 is 1.29 bits per heavy atom. The quantitative estimate of drug-likeness (QED) is 0.663. The van der Waals surface area contributed by atoms with Gasteiger partial charge in [0.1, 0.15) is 5.82 Å². The molecule has 0 aliphatic rings. The largest absolute Gasteiger partial charge is 0.394 e. The predicted octanol–water partition coefficient (Wildman–Crippen LogP) is 1.09. The fourth-order valence-electron chi connectivity index (χ4n) is 2.18. The molecule has 0 saturated carbocycles. The zero-order valence-electron chi connectivity index (χ0n) is 11.6. The van der Waals surface area contributed by atoms with E-state index in [2.05, 4.69) is 20.4 Å². The van der Waals surface area contributed by atoms with Gasteiger partial charge in [0.15, 0.2) is 5.65 Å². The van der Waals surface area contributed by atoms with Crippen molar-refractivity contribution in [3.63, 3.8) is 0 Å². The number of hydrogen-bond acceptors (Lipinski definition) is 6. The van der Waals surface area contributed by atoms with E-state index in [-0.39, 0.29) is 12.6 Å². The number of anilines is 2. The van der Waals surface area contributed by atoms with Gasteiger partial charge in [-0.15, -0.1) is 0 Å². The molecule has 108 valence electrons. The Morgan fingerprint density at radius 2 is 2.05 bits per heavy atom. The SMILES string of the molecule is Cn1ncc2c(N)nc(NC(CO)c3ccccc3)nc21. The summed E-state index contributed by atoms with van der Waals surface area (Å²) in [5.41, 5.74) is 7.52. The standard InChI is InChI=1S/C14H16N6O/c1-20-13-10(7-16-20)12(15)18-14(19-13)17-11(8-21)9-5-3-2-4-6-9/h2-7,11,21H,8H2,1H3,(H3,15,17,18,19). The molecule has 0 radical (unpaired) electrons. The number of nitrogens with zero attached hydrogens (tertiary/aromatic N) is 4. The second-order valence-corrected chi connectivity index (χ2v) is 4.73. The van der Waals surface area contributed by atoms with Crippen LogP contribution in [0.2, 0.25) is 0 Å². The lowest BCUT2D eigenvalue weighted by atomic mass is 10.1. The lowest BCUT2D eigenvalue weighted by Gasteiger charge is -2.16. The molecule has 0 amide bonds. The van der Waals surface area contributed by atoms with E-state index in [1.165, 1.54) is 0 Å². The van der Waals surface area contributed by atoms with E-state index in [9.17, 15) is 5.11 Å². The van der Waals surface area contributed by atoms with Gasteiger partial charge in [-0.1, -0.05) is 30.3 Å². The first-order valence-electron chi connectivity index (χ1n) is 6.56. The van der Waals surface area contributed by atoms with Crippen LogP contribution in [0.25, 0.3) is 11.0 Å². The highest BCUT2D eigenvalue weighted by atomic mass is 16.3. The third-order valence-corrected chi connectivity index (χ3v) is 3.31. The fraction of sp³-hybridized carbons (Fsp3) is 0.214. The zero-order valence-corrected chi connectivity index (χ0v) is 11.6. The van der Waals surface area contributed by atoms with Gasteiger partial charge in [-0.3, -0.25) is 4.68 Å². The van der Waals surface area contributed by atoms with Gasteiger partial charge >= 0.3 is 0 Å². The van der Waals surface area contributed by atoms with Crippen LogP contribution in [0.1, 0.15) is 11.6 Å². The average Bonchev–Trinajstić information content (AvgIpc) is 2.88. The van der Waals surface area contributed by atoms with Crippen LogP contribution in [-0.2, 0) is 7.05 Å². The second kappa shape index (κ2) is 5.37. The van der Waals surface area contributed by atoms with Gasteiger partial charge < -0.3 is 16.2 Å². The summed E-state index contributed by atoms with van der Waals surface area (Å²) in [5.74, 6) is 0.729. The monoisotopic (exact) mass is 284 g/mol. The highest BCUT2D eigenvalue weighted by molar-refractivity contribution is 5.86. The molecule has 21 heavy (non-hydrogen) atoms. The van der Waals surface area contributed by atoms with Gasteiger partial charge in [-0.25, -0.2) is 0 Å². The number of aliphatic hydroxyl groups excluding tert-OH is 1. The van der Waals surface area contributed by atoms with E-state index in [0.717, 1.165) is 5.56 Å². The topological polar surface area (TPSA) is 102 Å². The van der Waals surface area contributed by atoms with E-state index in [1.54, 1.807) is 17.9 Å². The summed E-state index contributed by atoms with van der Waals surface area (Å²) in [4.78, 5) is 8.62. The Balaban J connectivity index is 1.95. The molecule has 1 atom stereocenters. The first kappa shape index (κ1) is 13.3. The second-order valence-electron chi connectivity index (χ2n) is 4.73. The Labute approximate surface area is 121 Å². The maximum absolute atomic E-state index is 9.57. The summed E-state index contributed by atoms with van der Waals surface area (Å²) in [5, 5.41) is 17.5. The minimum absolute atomic E-state index is 0.0727. The third-order valence-electron chi connectivity index (χ3n) is 3.31. The molecular formula is C14H16N6O. The minimum atomic E-state index is -0.295. The first-order chi connectivity index (χ1) is 10.2. The van der Waals surface area contributed by atoms with Gasteiger partial charge in [0.25, 0.3) is 0 Å². The molecular weight excluding hydrogens is 268 g/mol. The normalized spacial score (nSPS) is 12.5. The third kappa shape index (κ3) is 2.50. The number of nitrogen functional groups attached to an aromatic ring is 1. The van der Waals surface area contributed by atoms with Crippen LogP contribution >= 0.6 is 0 Å². The van der Waals surface area contributed by atoms with Gasteiger partial charge in [-0.2, -0.15) is 15.1 Å². The molecule has 0 saturated heterocycles. The van der Waals surface area contributed by atoms with E-state index < -0.39 is 0 Å². The molecule has 0 bridgehead atoms. The highest BCUT2D eigenvalue weighted by Gasteiger charge is 2.14. The summed E-state index contributed by atoms with van der Waals surface area (Å²) in [6.07, 6.45) is 1.63. The van der Waals surface area contributed by atoms with E-state index in [0.29, 0.717) is 22.8 Å². The summed E-state index contributed by atoms with van der Waals surface area (Å²) < 4.78 is 1.63. The van der Waals surface area contributed by atoms with Crippen molar-refractivity contribution in [1.82, 2.24) is 19.7 Å². The summed E-state index contributed by atoms with van der Waals surface area (Å²) >= 11 is 0. The number of aryl methyl sites for hydroxylation is 1. The van der Waals surface area contributed by atoms with Crippen LogP contribution in [0.3, 0.4) is 0 Å². The first-order valence-corrected chi connectivity index (χ1v) is 6.56. The number of aliphatic hydroxyl groups is 1. The van der Waals surface area contributed by atoms with E-state index in [1.807, 2.05) is 30.3 Å². The van der Waals surface area contributed by atoms with Crippen molar-refractivity contribution < 1.29 is 5.11 Å². The number of rotatable bonds is 4. The molecule has 0 spiro atoms. The van der Waals surface area contributed by atoms with E-state index >= 15 is 0 Å². The summed E-state index contributed by atoms with van der Waals surface area (Å²) in [6, 6.07) is 9.32. The number of benzene rings is 1. The molecule has 0 aliphatic heterocycles. The Hall–Kier alpha value is -2.67. The molecule has 0 fully saturated rings. The van der Waals surface area contributed by atoms with Crippen LogP contribution < -0.4 is 11.1 Å². The van der Waals surface area contributed by atoms with Crippen LogP contribution in [0.15, 0.2) is 36.5 Å². The fourth-order valence-corrected chi connectivity index (χ4v) is 2.18. The van der Waals surface area contributed by atoms with Crippen molar-refractivity contribution in [2.75, 3.05) is 17.7 Å². The molecule has 1 unspecified atom stereocenters. The molecule has 1 aromatic carbocycles. The molecule has 3 rings (SSSR count). The lowest BCUT2D eigenvalue weighted by molar-refractivity contribution is 0.276. The number of nitrogens with two attached hydrogens (primary N) is 1. The number of fused-ring (bicyclic) bond motifs is 1. The minimum Gasteiger partial charge on any atom is -0.394 e. The smallest absolute Gasteiger partial charge is 0.227 e. The predicted molar refractivity (Wildman–Crippen MR) is 80.6 cm³/mol. The van der Waals surface area contributed by atoms with Crippen LogP contribution in [-0.4, -0.2) is 31.5 Å². The van der Waals surface area contributed by atoms with Gasteiger partial charge in [-0.05, 0) is 5.56 Å². The molecule has 2 aromatic heterocycles. The van der Waals surface area contributed by atoms with Crippen molar-refractivity contribution in [3.05, 3.63) is 42.1 Å². The van der Waals surface area contributed by atoms with Crippen molar-refractivity contribution in [2.45, 2.75) is 6.04 Å². The Morgan fingerprint density at radius 3 is 2.76 bits per heavy atom. The zero-order chi connectivity index (χ0) is 14.8. The molecule has 2 heterocycles. The van der Waals surface area contributed by atoms with Crippen LogP contribution in [0, 0.1) is 0 Å². The highest BCUT2D eigenvalue weighted by Crippen LogP contribution is 2.21. The van der Waals surface area contributed by atoms with Crippen molar-refractivity contribution in [1.29, 1.82) is 0 Å². The molecule has 7 heteroatoms. The van der Waals surface area contributed by atoms with Gasteiger partial charge in [0.05, 0.1) is 24.2 Å². The lowest BCUT2D eigenvalue weighted by Crippen LogP contribution is -2.17. The van der Waals surface area contributed by atoms with Crippen LogP contribution in [0.4, 0.5) is 11.8 Å². The molecule has 4 N–H and O–H groups in total. The van der Waals surface area contributed by atoms with Gasteiger partial charge in [0.2, 0.25) is 5.95 Å². The van der Waals surface area contributed by atoms with Gasteiger partial charge in [0, 0.05) is 7.05 Å². The summed E-state index contributed by atoms with van der Waals surface area (Å²) in [6.45, 7) is -0.0727. The van der Waals surface area contributed by atoms with Crippen molar-refractivity contribution in [3.8, 4) is 0 Å². The Bertz CT molecular complexity index is 755. The maximum Gasteiger partial charge on any atom is 0.227 e. The van der Waals surface area contributed by atoms with Crippen molar-refractivity contribution >= 4 is 22.8 Å². The summed E-state index contributed by atoms with van der Waals surface area (Å²) in [7, 11) is 1.79. The number of hydrogen-bond donors (Lipinski definition) is 3. The Kier molecular flexibility index (Phi) is 3.41.